The van der Waals surface area contributed by atoms with Gasteiger partial charge in [-0.05, 0) is 24.3 Å². The number of aliphatic hydroxyl groups is 1. The summed E-state index contributed by atoms with van der Waals surface area (Å²) in [5.41, 5.74) is 0. The van der Waals surface area contributed by atoms with Gasteiger partial charge in [-0.15, -0.1) is 0 Å². The average molecular weight is 384 g/mol. The molecule has 2 atom stereocenters. The minimum absolute atomic E-state index is 0.236. The molecule has 11 heteroatoms. The minimum atomic E-state index is -4.31. The van der Waals surface area contributed by atoms with E-state index in [0.29, 0.717) is 4.31 Å². The van der Waals surface area contributed by atoms with Crippen LogP contribution in [0.15, 0.2) is 29.2 Å². The van der Waals surface area contributed by atoms with Crippen LogP contribution in [0.25, 0.3) is 0 Å². The maximum atomic E-state index is 12.6. The van der Waals surface area contributed by atoms with Crippen molar-refractivity contribution in [3.63, 3.8) is 0 Å². The summed E-state index contributed by atoms with van der Waals surface area (Å²) in [5.74, 6) is -2.70. The number of hydrogen-bond donors (Lipinski definition) is 2. The van der Waals surface area contributed by atoms with E-state index in [1.54, 1.807) is 0 Å². The van der Waals surface area contributed by atoms with Crippen LogP contribution in [0.4, 0.5) is 0 Å². The monoisotopic (exact) mass is 383 g/mol. The van der Waals surface area contributed by atoms with Crippen molar-refractivity contribution in [2.45, 2.75) is 17.0 Å². The van der Waals surface area contributed by atoms with Crippen LogP contribution in [0.3, 0.4) is 0 Å². The molecule has 0 amide bonds. The Morgan fingerprint density at radius 2 is 1.83 bits per heavy atom. The molecule has 1 aromatic rings. The second kappa shape index (κ2) is 6.36. The summed E-state index contributed by atoms with van der Waals surface area (Å²) in [4.78, 5) is 10.8. The van der Waals surface area contributed by atoms with Crippen molar-refractivity contribution in [3.8, 4) is 0 Å². The largest absolute Gasteiger partial charge is 0.480 e. The van der Waals surface area contributed by atoms with Gasteiger partial charge in [0.15, 0.2) is 9.84 Å². The first-order chi connectivity index (χ1) is 10.5. The van der Waals surface area contributed by atoms with Gasteiger partial charge < -0.3 is 10.2 Å². The molecule has 23 heavy (non-hydrogen) atoms. The zero-order chi connectivity index (χ0) is 17.4. The quantitative estimate of drug-likeness (QED) is 0.705. The maximum absolute atomic E-state index is 12.6. The fourth-order valence-corrected chi connectivity index (χ4v) is 5.97. The van der Waals surface area contributed by atoms with Crippen molar-refractivity contribution < 1.29 is 31.8 Å². The molecule has 1 heterocycles. The van der Waals surface area contributed by atoms with E-state index in [1.165, 1.54) is 24.3 Å². The first-order valence-corrected chi connectivity index (χ1v) is 10.0. The van der Waals surface area contributed by atoms with E-state index >= 15 is 0 Å². The van der Waals surface area contributed by atoms with Crippen molar-refractivity contribution in [2.75, 3.05) is 18.1 Å². The highest BCUT2D eigenvalue weighted by molar-refractivity contribution is 7.92. The number of sulfonamides is 1. The van der Waals surface area contributed by atoms with Gasteiger partial charge in [0.05, 0.1) is 28.5 Å². The lowest BCUT2D eigenvalue weighted by molar-refractivity contribution is -0.137. The van der Waals surface area contributed by atoms with Gasteiger partial charge in [0.25, 0.3) is 0 Å². The second-order valence-corrected chi connectivity index (χ2v) is 9.59. The first kappa shape index (κ1) is 18.1. The van der Waals surface area contributed by atoms with E-state index in [0.717, 1.165) is 0 Å². The molecule has 2 N–H and O–H groups in total. The standard InChI is InChI=1S/C12H14ClNO7S2/c13-8-1-3-9(4-2-8)23(20,21)14(5-12(16)17)10-6-22(18,19)7-11(10)15/h1-4,10-11,15H,5-7H2,(H,16,17)/t10-,11+/m1/s1. The van der Waals surface area contributed by atoms with Gasteiger partial charge in [-0.3, -0.25) is 4.79 Å². The van der Waals surface area contributed by atoms with E-state index in [1.807, 2.05) is 0 Å². The molecule has 1 aliphatic rings. The summed E-state index contributed by atoms with van der Waals surface area (Å²) in [5, 5.41) is 19.1. The number of nitrogens with zero attached hydrogens (tertiary/aromatic N) is 1. The third kappa shape index (κ3) is 4.01. The molecule has 0 bridgehead atoms. The Morgan fingerprint density at radius 1 is 1.26 bits per heavy atom. The Hall–Kier alpha value is -1.20. The molecule has 2 rings (SSSR count). The number of carbonyl (C=O) groups is 1. The highest BCUT2D eigenvalue weighted by Gasteiger charge is 2.45. The molecule has 0 unspecified atom stereocenters. The van der Waals surface area contributed by atoms with Gasteiger partial charge in [0.1, 0.15) is 6.54 Å². The van der Waals surface area contributed by atoms with Gasteiger partial charge in [-0.2, -0.15) is 4.31 Å². The predicted octanol–water partition coefficient (Wildman–Crippen LogP) is -0.427. The number of carboxylic acids is 1. The van der Waals surface area contributed by atoms with E-state index in [2.05, 4.69) is 0 Å². The van der Waals surface area contributed by atoms with E-state index in [9.17, 15) is 26.7 Å². The Labute approximate surface area is 138 Å². The van der Waals surface area contributed by atoms with Crippen LogP contribution in [0.5, 0.6) is 0 Å². The molecule has 1 fully saturated rings. The lowest BCUT2D eigenvalue weighted by atomic mass is 10.2. The van der Waals surface area contributed by atoms with Gasteiger partial charge >= 0.3 is 5.97 Å². The highest BCUT2D eigenvalue weighted by Crippen LogP contribution is 2.26. The minimum Gasteiger partial charge on any atom is -0.480 e. The number of halogens is 1. The Bertz CT molecular complexity index is 804. The van der Waals surface area contributed by atoms with Gasteiger partial charge in [-0.25, -0.2) is 16.8 Å². The zero-order valence-corrected chi connectivity index (χ0v) is 14.1. The van der Waals surface area contributed by atoms with Crippen molar-refractivity contribution >= 4 is 37.4 Å². The van der Waals surface area contributed by atoms with Gasteiger partial charge in [0, 0.05) is 5.02 Å². The Kier molecular flexibility index (Phi) is 5.02. The number of rotatable bonds is 5. The molecule has 0 aliphatic carbocycles. The van der Waals surface area contributed by atoms with Crippen LogP contribution in [-0.4, -0.2) is 67.5 Å². The predicted molar refractivity (Wildman–Crippen MR) is 81.4 cm³/mol. The summed E-state index contributed by atoms with van der Waals surface area (Å²) in [6.07, 6.45) is -1.48. The van der Waals surface area contributed by atoms with Crippen LogP contribution in [0.2, 0.25) is 5.02 Å². The number of carboxylic acid groups (broad SMARTS) is 1. The van der Waals surface area contributed by atoms with Crippen molar-refractivity contribution in [1.82, 2.24) is 4.31 Å². The molecule has 0 spiro atoms. The number of sulfone groups is 1. The van der Waals surface area contributed by atoms with Crippen molar-refractivity contribution in [1.29, 1.82) is 0 Å². The van der Waals surface area contributed by atoms with E-state index in [-0.39, 0.29) is 9.92 Å². The number of hydrogen-bond acceptors (Lipinski definition) is 6. The Balaban J connectivity index is 2.46. The molecule has 0 radical (unpaired) electrons. The fourth-order valence-electron chi connectivity index (χ4n) is 2.34. The van der Waals surface area contributed by atoms with E-state index in [4.69, 9.17) is 16.7 Å². The summed E-state index contributed by atoms with van der Waals surface area (Å²) in [6.45, 7) is -0.956. The summed E-state index contributed by atoms with van der Waals surface area (Å²) < 4.78 is 49.0. The lowest BCUT2D eigenvalue weighted by Crippen LogP contribution is -2.48. The normalized spacial score (nSPS) is 24.0. The molecule has 8 nitrogen and oxygen atoms in total. The number of aliphatic hydroxyl groups excluding tert-OH is 1. The molecular formula is C12H14ClNO7S2. The van der Waals surface area contributed by atoms with E-state index < -0.39 is 56.0 Å². The molecule has 1 aliphatic heterocycles. The van der Waals surface area contributed by atoms with Crippen LogP contribution in [-0.2, 0) is 24.7 Å². The number of aliphatic carboxylic acids is 1. The van der Waals surface area contributed by atoms with Gasteiger partial charge in [0.2, 0.25) is 10.0 Å². The van der Waals surface area contributed by atoms with Crippen molar-refractivity contribution in [3.05, 3.63) is 29.3 Å². The maximum Gasteiger partial charge on any atom is 0.318 e. The van der Waals surface area contributed by atoms with Crippen LogP contribution in [0, 0.1) is 0 Å². The first-order valence-electron chi connectivity index (χ1n) is 6.40. The molecule has 0 saturated carbocycles. The highest BCUT2D eigenvalue weighted by atomic mass is 35.5. The molecule has 1 aromatic carbocycles. The summed E-state index contributed by atoms with van der Waals surface area (Å²) >= 11 is 5.69. The molecular weight excluding hydrogens is 370 g/mol. The smallest absolute Gasteiger partial charge is 0.318 e. The average Bonchev–Trinajstić information content (AvgIpc) is 2.69. The molecule has 0 aromatic heterocycles. The lowest BCUT2D eigenvalue weighted by Gasteiger charge is -2.27. The summed E-state index contributed by atoms with van der Waals surface area (Å²) in [6, 6.07) is 3.64. The zero-order valence-electron chi connectivity index (χ0n) is 11.7. The SMILES string of the molecule is O=C(O)CN([C@@H]1CS(=O)(=O)C[C@@H]1O)S(=O)(=O)c1ccc(Cl)cc1. The third-order valence-electron chi connectivity index (χ3n) is 3.37. The van der Waals surface area contributed by atoms with Crippen LogP contribution < -0.4 is 0 Å². The van der Waals surface area contributed by atoms with Crippen LogP contribution in [0.1, 0.15) is 0 Å². The third-order valence-corrected chi connectivity index (χ3v) is 7.21. The van der Waals surface area contributed by atoms with Crippen LogP contribution >= 0.6 is 11.6 Å². The van der Waals surface area contributed by atoms with Gasteiger partial charge in [-0.1, -0.05) is 11.6 Å². The number of benzene rings is 1. The molecule has 128 valence electrons. The topological polar surface area (TPSA) is 129 Å². The molecule has 1 saturated heterocycles. The second-order valence-electron chi connectivity index (χ2n) is 5.11. The Morgan fingerprint density at radius 3 is 2.26 bits per heavy atom. The van der Waals surface area contributed by atoms with Crippen molar-refractivity contribution in [2.24, 2.45) is 0 Å². The summed E-state index contributed by atoms with van der Waals surface area (Å²) in [7, 11) is -7.95. The fraction of sp³-hybridized carbons (Fsp3) is 0.417.